The number of nitrogens with zero attached hydrogens (tertiary/aromatic N) is 1. The third kappa shape index (κ3) is 4.42. The number of carbonyl (C=O) groups is 1. The Morgan fingerprint density at radius 2 is 2.20 bits per heavy atom. The quantitative estimate of drug-likeness (QED) is 0.761. The van der Waals surface area contributed by atoms with Gasteiger partial charge in [-0.3, -0.25) is 9.89 Å². The highest BCUT2D eigenvalue weighted by Crippen LogP contribution is 2.10. The van der Waals surface area contributed by atoms with Gasteiger partial charge in [0.1, 0.15) is 5.75 Å². The molecule has 0 saturated heterocycles. The molecule has 0 saturated carbocycles. The summed E-state index contributed by atoms with van der Waals surface area (Å²) in [6.07, 6.45) is 4.64. The van der Waals surface area contributed by atoms with Gasteiger partial charge >= 0.3 is 0 Å². The second-order valence-corrected chi connectivity index (χ2v) is 4.59. The Hall–Kier alpha value is -2.30. The lowest BCUT2D eigenvalue weighted by atomic mass is 10.2. The van der Waals surface area contributed by atoms with Crippen LogP contribution in [0.1, 0.15) is 31.4 Å². The van der Waals surface area contributed by atoms with E-state index in [2.05, 4.69) is 15.5 Å². The third-order valence-electron chi connectivity index (χ3n) is 2.96. The van der Waals surface area contributed by atoms with Crippen LogP contribution < -0.4 is 10.1 Å². The lowest BCUT2D eigenvalue weighted by Gasteiger charge is -2.12. The minimum absolute atomic E-state index is 0.0235. The van der Waals surface area contributed by atoms with Crippen molar-refractivity contribution in [1.29, 1.82) is 0 Å². The van der Waals surface area contributed by atoms with Crippen LogP contribution in [0.25, 0.3) is 0 Å². The zero-order valence-electron chi connectivity index (χ0n) is 11.5. The van der Waals surface area contributed by atoms with Gasteiger partial charge in [-0.05, 0) is 25.5 Å². The first-order chi connectivity index (χ1) is 9.75. The molecule has 5 nitrogen and oxygen atoms in total. The van der Waals surface area contributed by atoms with Crippen molar-refractivity contribution in [2.45, 2.75) is 25.8 Å². The Balaban J connectivity index is 1.63. The maximum atomic E-state index is 11.8. The fourth-order valence-corrected chi connectivity index (χ4v) is 1.83. The minimum Gasteiger partial charge on any atom is -0.494 e. The van der Waals surface area contributed by atoms with Gasteiger partial charge in [-0.15, -0.1) is 0 Å². The zero-order valence-corrected chi connectivity index (χ0v) is 11.5. The van der Waals surface area contributed by atoms with Gasteiger partial charge in [0.2, 0.25) is 5.91 Å². The molecule has 2 N–H and O–H groups in total. The van der Waals surface area contributed by atoms with Gasteiger partial charge < -0.3 is 10.1 Å². The summed E-state index contributed by atoms with van der Waals surface area (Å²) in [4.78, 5) is 11.8. The summed E-state index contributed by atoms with van der Waals surface area (Å²) >= 11 is 0. The molecule has 1 amide bonds. The van der Waals surface area contributed by atoms with Crippen LogP contribution in [-0.2, 0) is 4.79 Å². The van der Waals surface area contributed by atoms with Gasteiger partial charge in [0.05, 0.1) is 18.8 Å². The van der Waals surface area contributed by atoms with E-state index in [1.165, 1.54) is 0 Å². The Morgan fingerprint density at radius 1 is 1.40 bits per heavy atom. The van der Waals surface area contributed by atoms with E-state index in [1.54, 1.807) is 12.4 Å². The average molecular weight is 273 g/mol. The normalized spacial score (nSPS) is 11.8. The predicted octanol–water partition coefficient (Wildman–Crippen LogP) is 2.45. The monoisotopic (exact) mass is 273 g/mol. The van der Waals surface area contributed by atoms with Crippen LogP contribution >= 0.6 is 0 Å². The molecule has 1 heterocycles. The zero-order chi connectivity index (χ0) is 14.2. The van der Waals surface area contributed by atoms with Crippen molar-refractivity contribution >= 4 is 5.91 Å². The molecule has 20 heavy (non-hydrogen) atoms. The molecular formula is C15H19N3O2. The van der Waals surface area contributed by atoms with Gasteiger partial charge in [-0.25, -0.2) is 0 Å². The molecule has 0 radical (unpaired) electrons. The van der Waals surface area contributed by atoms with Gasteiger partial charge in [-0.1, -0.05) is 18.2 Å². The minimum atomic E-state index is -0.0312. The molecule has 2 aromatic rings. The number of hydrogen-bond acceptors (Lipinski definition) is 3. The Bertz CT molecular complexity index is 511. The van der Waals surface area contributed by atoms with E-state index in [0.717, 1.165) is 11.3 Å². The lowest BCUT2D eigenvalue weighted by molar-refractivity contribution is -0.121. The van der Waals surface area contributed by atoms with E-state index in [0.29, 0.717) is 19.4 Å². The number of ether oxygens (including phenoxy) is 1. The van der Waals surface area contributed by atoms with Crippen LogP contribution in [0.15, 0.2) is 42.7 Å². The summed E-state index contributed by atoms with van der Waals surface area (Å²) in [6.45, 7) is 2.47. The van der Waals surface area contributed by atoms with Crippen molar-refractivity contribution in [2.75, 3.05) is 6.61 Å². The molecule has 106 valence electrons. The molecule has 0 fully saturated rings. The highest BCUT2D eigenvalue weighted by molar-refractivity contribution is 5.76. The highest BCUT2D eigenvalue weighted by Gasteiger charge is 2.09. The maximum absolute atomic E-state index is 11.8. The van der Waals surface area contributed by atoms with E-state index in [4.69, 9.17) is 4.74 Å². The van der Waals surface area contributed by atoms with E-state index in [9.17, 15) is 4.79 Å². The highest BCUT2D eigenvalue weighted by atomic mass is 16.5. The van der Waals surface area contributed by atoms with Gasteiger partial charge in [0.15, 0.2) is 0 Å². The molecule has 1 aromatic carbocycles. The molecule has 1 atom stereocenters. The topological polar surface area (TPSA) is 67.0 Å². The first kappa shape index (κ1) is 14.1. The first-order valence-electron chi connectivity index (χ1n) is 6.71. The Labute approximate surface area is 118 Å². The summed E-state index contributed by atoms with van der Waals surface area (Å²) in [5.74, 6) is 0.857. The SMILES string of the molecule is CC(NC(=O)CCCOc1ccccc1)c1cn[nH]c1. The molecule has 5 heteroatoms. The van der Waals surface area contributed by atoms with Crippen LogP contribution in [-0.4, -0.2) is 22.7 Å². The van der Waals surface area contributed by atoms with Crippen LogP contribution in [0.2, 0.25) is 0 Å². The molecule has 0 bridgehead atoms. The fourth-order valence-electron chi connectivity index (χ4n) is 1.83. The van der Waals surface area contributed by atoms with E-state index in [-0.39, 0.29) is 11.9 Å². The van der Waals surface area contributed by atoms with E-state index in [1.807, 2.05) is 37.3 Å². The number of aromatic amines is 1. The van der Waals surface area contributed by atoms with Gasteiger partial charge in [0.25, 0.3) is 0 Å². The van der Waals surface area contributed by atoms with Crippen molar-refractivity contribution in [1.82, 2.24) is 15.5 Å². The molecule has 1 aromatic heterocycles. The second-order valence-electron chi connectivity index (χ2n) is 4.59. The number of hydrogen-bond donors (Lipinski definition) is 2. The van der Waals surface area contributed by atoms with Crippen LogP contribution in [0.4, 0.5) is 0 Å². The number of carbonyl (C=O) groups excluding carboxylic acids is 1. The van der Waals surface area contributed by atoms with Crippen molar-refractivity contribution in [3.05, 3.63) is 48.3 Å². The Morgan fingerprint density at radius 3 is 2.90 bits per heavy atom. The van der Waals surface area contributed by atoms with E-state index >= 15 is 0 Å². The first-order valence-corrected chi connectivity index (χ1v) is 6.71. The molecular weight excluding hydrogens is 254 g/mol. The lowest BCUT2D eigenvalue weighted by Crippen LogP contribution is -2.26. The van der Waals surface area contributed by atoms with Gasteiger partial charge in [-0.2, -0.15) is 5.10 Å². The van der Waals surface area contributed by atoms with Gasteiger partial charge in [0, 0.05) is 18.2 Å². The number of amides is 1. The molecule has 0 aliphatic rings. The summed E-state index contributed by atoms with van der Waals surface area (Å²) < 4.78 is 5.54. The van der Waals surface area contributed by atoms with Crippen molar-refractivity contribution in [3.63, 3.8) is 0 Å². The van der Waals surface area contributed by atoms with Crippen molar-refractivity contribution in [2.24, 2.45) is 0 Å². The average Bonchev–Trinajstić information content (AvgIpc) is 2.99. The largest absolute Gasteiger partial charge is 0.494 e. The standard InChI is InChI=1S/C15H19N3O2/c1-12(13-10-16-17-11-13)18-15(19)8-5-9-20-14-6-3-2-4-7-14/h2-4,6-7,10-12H,5,8-9H2,1H3,(H,16,17)(H,18,19). The predicted molar refractivity (Wildman–Crippen MR) is 76.3 cm³/mol. The fraction of sp³-hybridized carbons (Fsp3) is 0.333. The smallest absolute Gasteiger partial charge is 0.220 e. The number of benzene rings is 1. The van der Waals surface area contributed by atoms with Crippen LogP contribution in [0, 0.1) is 0 Å². The summed E-state index contributed by atoms with van der Waals surface area (Å²) in [6, 6.07) is 9.57. The molecule has 0 aliphatic heterocycles. The number of H-pyrrole nitrogens is 1. The van der Waals surface area contributed by atoms with Crippen molar-refractivity contribution < 1.29 is 9.53 Å². The number of para-hydroxylation sites is 1. The number of aromatic nitrogens is 2. The number of nitrogens with one attached hydrogen (secondary N) is 2. The second kappa shape index (κ2) is 7.33. The summed E-state index contributed by atoms with van der Waals surface area (Å²) in [5, 5.41) is 9.52. The number of rotatable bonds is 7. The van der Waals surface area contributed by atoms with Crippen LogP contribution in [0.3, 0.4) is 0 Å². The molecule has 0 spiro atoms. The van der Waals surface area contributed by atoms with Crippen molar-refractivity contribution in [3.8, 4) is 5.75 Å². The molecule has 0 aliphatic carbocycles. The van der Waals surface area contributed by atoms with Crippen LogP contribution in [0.5, 0.6) is 5.75 Å². The third-order valence-corrected chi connectivity index (χ3v) is 2.96. The maximum Gasteiger partial charge on any atom is 0.220 e. The molecule has 2 rings (SSSR count). The van der Waals surface area contributed by atoms with E-state index < -0.39 is 0 Å². The summed E-state index contributed by atoms with van der Waals surface area (Å²) in [7, 11) is 0. The molecule has 1 unspecified atom stereocenters. The Kier molecular flexibility index (Phi) is 5.17. The summed E-state index contributed by atoms with van der Waals surface area (Å²) in [5.41, 5.74) is 0.971.